The lowest BCUT2D eigenvalue weighted by atomic mass is 9.90. The van der Waals surface area contributed by atoms with Gasteiger partial charge in [0.25, 0.3) is 0 Å². The fourth-order valence-electron chi connectivity index (χ4n) is 4.94. The smallest absolute Gasteiger partial charge is 0.410 e. The van der Waals surface area contributed by atoms with Crippen molar-refractivity contribution in [1.82, 2.24) is 9.47 Å². The average Bonchev–Trinajstić information content (AvgIpc) is 3.59. The minimum atomic E-state index is -0.930. The quantitative estimate of drug-likeness (QED) is 0.563. The highest BCUT2D eigenvalue weighted by atomic mass is 19.1. The van der Waals surface area contributed by atoms with Crippen LogP contribution in [0.4, 0.5) is 9.18 Å². The number of carbonyl (C=O) groups excluding carboxylic acids is 1. The number of carbonyl (C=O) groups is 2. The van der Waals surface area contributed by atoms with Crippen molar-refractivity contribution in [2.75, 3.05) is 6.54 Å². The van der Waals surface area contributed by atoms with E-state index < -0.39 is 5.97 Å². The third kappa shape index (κ3) is 4.58. The molecule has 1 amide bonds. The number of nitrogens with zero attached hydrogens (tertiary/aromatic N) is 2. The Hall–Kier alpha value is -3.35. The Labute approximate surface area is 191 Å². The maximum atomic E-state index is 14.1. The van der Waals surface area contributed by atoms with Gasteiger partial charge in [0.05, 0.1) is 0 Å². The fourth-order valence-corrected chi connectivity index (χ4v) is 4.94. The fraction of sp³-hybridized carbons (Fsp3) is 0.385. The van der Waals surface area contributed by atoms with Gasteiger partial charge in [0, 0.05) is 29.2 Å². The Kier molecular flexibility index (Phi) is 5.79. The summed E-state index contributed by atoms with van der Waals surface area (Å²) in [6.45, 7) is 0.727. The molecule has 0 aliphatic heterocycles. The minimum absolute atomic E-state index is 0.0616. The Bertz CT molecular complexity index is 1190. The number of hydrogen-bond donors (Lipinski definition) is 1. The van der Waals surface area contributed by atoms with Crippen LogP contribution in [0, 0.1) is 11.7 Å². The molecule has 1 N–H and O–H groups in total. The van der Waals surface area contributed by atoms with Crippen molar-refractivity contribution < 1.29 is 23.8 Å². The van der Waals surface area contributed by atoms with E-state index in [4.69, 9.17) is 4.74 Å². The lowest BCUT2D eigenvalue weighted by Crippen LogP contribution is -2.45. The van der Waals surface area contributed by atoms with Gasteiger partial charge < -0.3 is 19.3 Å². The van der Waals surface area contributed by atoms with Gasteiger partial charge in [0.1, 0.15) is 19.0 Å². The van der Waals surface area contributed by atoms with Crippen LogP contribution >= 0.6 is 0 Å². The third-order valence-electron chi connectivity index (χ3n) is 6.73. The number of ether oxygens (including phenoxy) is 1. The molecule has 1 fully saturated rings. The van der Waals surface area contributed by atoms with E-state index in [1.807, 2.05) is 35.2 Å². The maximum Gasteiger partial charge on any atom is 0.410 e. The second-order valence-electron chi connectivity index (χ2n) is 9.10. The highest BCUT2D eigenvalue weighted by Crippen LogP contribution is 2.36. The zero-order valence-electron chi connectivity index (χ0n) is 18.4. The zero-order valence-corrected chi connectivity index (χ0v) is 18.4. The van der Waals surface area contributed by atoms with E-state index in [2.05, 4.69) is 0 Å². The summed E-state index contributed by atoms with van der Waals surface area (Å²) in [5.74, 6) is -0.778. The number of carboxylic acids is 1. The lowest BCUT2D eigenvalue weighted by molar-refractivity contribution is -0.137. The summed E-state index contributed by atoms with van der Waals surface area (Å²) >= 11 is 0. The molecule has 7 heteroatoms. The van der Waals surface area contributed by atoms with Crippen LogP contribution < -0.4 is 0 Å². The van der Waals surface area contributed by atoms with Crippen molar-refractivity contribution in [1.29, 1.82) is 0 Å². The second-order valence-corrected chi connectivity index (χ2v) is 9.10. The number of aliphatic carboxylic acids is 1. The summed E-state index contributed by atoms with van der Waals surface area (Å²) in [7, 11) is 0. The molecule has 0 saturated heterocycles. The summed E-state index contributed by atoms with van der Waals surface area (Å²) in [5.41, 5.74) is 3.54. The van der Waals surface area contributed by atoms with E-state index in [9.17, 15) is 19.1 Å². The van der Waals surface area contributed by atoms with E-state index >= 15 is 0 Å². The monoisotopic (exact) mass is 450 g/mol. The van der Waals surface area contributed by atoms with Crippen LogP contribution in [0.2, 0.25) is 0 Å². The van der Waals surface area contributed by atoms with Crippen LogP contribution in [-0.2, 0) is 35.5 Å². The van der Waals surface area contributed by atoms with E-state index in [1.54, 1.807) is 10.6 Å². The van der Waals surface area contributed by atoms with Gasteiger partial charge in [0.2, 0.25) is 0 Å². The summed E-state index contributed by atoms with van der Waals surface area (Å²) < 4.78 is 21.5. The standard InChI is InChI=1S/C26H27FN2O4/c27-19-8-10-23-21(12-19)22-13-20(9-11-24(22)29(23)15-25(30)31)28(14-17-6-7-17)26(32)33-16-18-4-2-1-3-5-18/h1-5,8,10,12,17,20H,6-7,9,11,13-16H2,(H,30,31). The van der Waals surface area contributed by atoms with Crippen LogP contribution in [-0.4, -0.2) is 39.2 Å². The van der Waals surface area contributed by atoms with Gasteiger partial charge in [-0.1, -0.05) is 30.3 Å². The summed E-state index contributed by atoms with van der Waals surface area (Å²) in [6.07, 6.45) is 3.83. The SMILES string of the molecule is O=C(O)Cn1c2c(c3cc(F)ccc31)CC(N(CC1CC1)C(=O)OCc1ccccc1)CC2. The first-order chi connectivity index (χ1) is 16.0. The molecule has 1 heterocycles. The van der Waals surface area contributed by atoms with E-state index in [-0.39, 0.29) is 31.1 Å². The van der Waals surface area contributed by atoms with Gasteiger partial charge >= 0.3 is 12.1 Å². The molecule has 0 radical (unpaired) electrons. The average molecular weight is 451 g/mol. The van der Waals surface area contributed by atoms with Crippen LogP contribution in [0.5, 0.6) is 0 Å². The lowest BCUT2D eigenvalue weighted by Gasteiger charge is -2.34. The Morgan fingerprint density at radius 1 is 1.12 bits per heavy atom. The van der Waals surface area contributed by atoms with Gasteiger partial charge in [-0.25, -0.2) is 9.18 Å². The van der Waals surface area contributed by atoms with Crippen molar-refractivity contribution in [3.63, 3.8) is 0 Å². The van der Waals surface area contributed by atoms with E-state index in [1.165, 1.54) is 12.1 Å². The number of halogens is 1. The van der Waals surface area contributed by atoms with Crippen LogP contribution in [0.1, 0.15) is 36.1 Å². The number of hydrogen-bond acceptors (Lipinski definition) is 3. The Morgan fingerprint density at radius 2 is 1.91 bits per heavy atom. The first-order valence-corrected chi connectivity index (χ1v) is 11.5. The molecule has 1 aromatic heterocycles. The predicted molar refractivity (Wildman–Crippen MR) is 121 cm³/mol. The summed E-state index contributed by atoms with van der Waals surface area (Å²) in [4.78, 5) is 26.4. The van der Waals surface area contributed by atoms with Gasteiger partial charge in [0.15, 0.2) is 0 Å². The minimum Gasteiger partial charge on any atom is -0.480 e. The molecule has 6 nitrogen and oxygen atoms in total. The van der Waals surface area contributed by atoms with Crippen LogP contribution in [0.15, 0.2) is 48.5 Å². The topological polar surface area (TPSA) is 71.8 Å². The van der Waals surface area contributed by atoms with E-state index in [0.717, 1.165) is 47.0 Å². The number of fused-ring (bicyclic) bond motifs is 3. The molecule has 5 rings (SSSR count). The third-order valence-corrected chi connectivity index (χ3v) is 6.73. The first kappa shape index (κ1) is 21.5. The number of carboxylic acid groups (broad SMARTS) is 1. The molecule has 1 atom stereocenters. The second kappa shape index (κ2) is 8.89. The first-order valence-electron chi connectivity index (χ1n) is 11.5. The maximum absolute atomic E-state index is 14.1. The highest BCUT2D eigenvalue weighted by Gasteiger charge is 2.35. The number of benzene rings is 2. The number of aromatic nitrogens is 1. The van der Waals surface area contributed by atoms with Gasteiger partial charge in [-0.05, 0) is 67.3 Å². The molecule has 0 spiro atoms. The molecule has 3 aromatic rings. The van der Waals surface area contributed by atoms with Crippen molar-refractivity contribution in [2.24, 2.45) is 5.92 Å². The molecule has 0 bridgehead atoms. The largest absolute Gasteiger partial charge is 0.480 e. The summed E-state index contributed by atoms with van der Waals surface area (Å²) in [5, 5.41) is 10.1. The number of amides is 1. The molecule has 2 aliphatic carbocycles. The number of rotatable bonds is 7. The molecule has 1 unspecified atom stereocenters. The predicted octanol–water partition coefficient (Wildman–Crippen LogP) is 4.77. The molecule has 1 saturated carbocycles. The molecule has 33 heavy (non-hydrogen) atoms. The molecule has 2 aliphatic rings. The Morgan fingerprint density at radius 3 is 2.64 bits per heavy atom. The van der Waals surface area contributed by atoms with Gasteiger partial charge in [-0.3, -0.25) is 4.79 Å². The van der Waals surface area contributed by atoms with Crippen molar-refractivity contribution in [3.05, 3.63) is 71.2 Å². The summed E-state index contributed by atoms with van der Waals surface area (Å²) in [6, 6.07) is 14.0. The van der Waals surface area contributed by atoms with E-state index in [0.29, 0.717) is 25.3 Å². The highest BCUT2D eigenvalue weighted by molar-refractivity contribution is 5.87. The van der Waals surface area contributed by atoms with Gasteiger partial charge in [-0.2, -0.15) is 0 Å². The van der Waals surface area contributed by atoms with Crippen molar-refractivity contribution in [2.45, 2.75) is 51.3 Å². The molecule has 172 valence electrons. The van der Waals surface area contributed by atoms with Gasteiger partial charge in [-0.15, -0.1) is 0 Å². The molecule has 2 aromatic carbocycles. The van der Waals surface area contributed by atoms with Crippen LogP contribution in [0.25, 0.3) is 10.9 Å². The molecular formula is C26H27FN2O4. The van der Waals surface area contributed by atoms with Crippen molar-refractivity contribution >= 4 is 23.0 Å². The zero-order chi connectivity index (χ0) is 22.9. The molecular weight excluding hydrogens is 423 g/mol. The Balaban J connectivity index is 1.41. The van der Waals surface area contributed by atoms with Crippen molar-refractivity contribution in [3.8, 4) is 0 Å². The normalized spacial score (nSPS) is 17.5. The van der Waals surface area contributed by atoms with Crippen LogP contribution in [0.3, 0.4) is 0 Å².